The van der Waals surface area contributed by atoms with Crippen molar-refractivity contribution in [1.82, 2.24) is 19.7 Å². The third kappa shape index (κ3) is 4.23. The van der Waals surface area contributed by atoms with E-state index in [0.29, 0.717) is 11.6 Å². The van der Waals surface area contributed by atoms with E-state index in [4.69, 9.17) is 0 Å². The molecule has 1 amide bonds. The molecular weight excluding hydrogens is 370 g/mol. The van der Waals surface area contributed by atoms with Crippen LogP contribution in [0.4, 0.5) is 17.3 Å². The van der Waals surface area contributed by atoms with E-state index < -0.39 is 5.91 Å². The molecule has 1 fully saturated rings. The normalized spacial score (nSPS) is 14.0. The van der Waals surface area contributed by atoms with Crippen LogP contribution in [0.3, 0.4) is 0 Å². The smallest absolute Gasteiger partial charge is 0.276 e. The van der Waals surface area contributed by atoms with Gasteiger partial charge in [-0.2, -0.15) is 5.10 Å². The molecule has 148 valence electrons. The quantitative estimate of drug-likeness (QED) is 0.713. The summed E-state index contributed by atoms with van der Waals surface area (Å²) in [6.45, 7) is 3.43. The highest BCUT2D eigenvalue weighted by Gasteiger charge is 2.19. The Balaban J connectivity index is 1.36. The number of anilines is 3. The minimum absolute atomic E-state index is 0.146. The molecule has 9 heteroatoms. The number of nitrogens with one attached hydrogen (secondary N) is 1. The Morgan fingerprint density at radius 3 is 2.24 bits per heavy atom. The molecule has 0 atom stereocenters. The van der Waals surface area contributed by atoms with E-state index in [-0.39, 0.29) is 11.3 Å². The largest absolute Gasteiger partial charge is 0.368 e. The Hall–Kier alpha value is -3.75. The molecule has 1 N–H and O–H groups in total. The molecule has 1 aliphatic heterocycles. The van der Waals surface area contributed by atoms with Crippen LogP contribution in [0.5, 0.6) is 0 Å². The molecule has 2 aromatic heterocycles. The zero-order valence-electron chi connectivity index (χ0n) is 16.0. The molecule has 0 bridgehead atoms. The molecule has 9 nitrogen and oxygen atoms in total. The number of aromatic nitrogens is 4. The van der Waals surface area contributed by atoms with E-state index in [1.54, 1.807) is 12.4 Å². The van der Waals surface area contributed by atoms with Crippen LogP contribution in [0.15, 0.2) is 59.7 Å². The first-order valence-corrected chi connectivity index (χ1v) is 9.33. The van der Waals surface area contributed by atoms with Crippen LogP contribution in [-0.4, -0.2) is 51.8 Å². The minimum atomic E-state index is -0.423. The van der Waals surface area contributed by atoms with Crippen molar-refractivity contribution in [3.05, 3.63) is 70.9 Å². The highest BCUT2D eigenvalue weighted by molar-refractivity contribution is 6.02. The standard InChI is InChI=1S/C20H21N7O2/c1-25-18(28)8-7-17(24-25)19(29)23-15-13-21-20(22-14-15)27-11-9-26(10-12-27)16-5-3-2-4-6-16/h2-8,13-14H,9-12H2,1H3,(H,23,29). The fourth-order valence-corrected chi connectivity index (χ4v) is 3.17. The number of para-hydroxylation sites is 1. The molecule has 0 unspecified atom stereocenters. The summed E-state index contributed by atoms with van der Waals surface area (Å²) in [7, 11) is 1.49. The van der Waals surface area contributed by atoms with Crippen LogP contribution in [-0.2, 0) is 7.05 Å². The fraction of sp³-hybridized carbons (Fsp3) is 0.250. The lowest BCUT2D eigenvalue weighted by Gasteiger charge is -2.36. The monoisotopic (exact) mass is 391 g/mol. The van der Waals surface area contributed by atoms with Gasteiger partial charge in [-0.3, -0.25) is 9.59 Å². The first-order valence-electron chi connectivity index (χ1n) is 9.33. The predicted octanol–water partition coefficient (Wildman–Crippen LogP) is 1.15. The van der Waals surface area contributed by atoms with Crippen LogP contribution >= 0.6 is 0 Å². The van der Waals surface area contributed by atoms with E-state index in [2.05, 4.69) is 42.3 Å². The molecule has 1 aliphatic rings. The molecule has 0 spiro atoms. The number of hydrogen-bond donors (Lipinski definition) is 1. The molecule has 0 aliphatic carbocycles. The van der Waals surface area contributed by atoms with Crippen molar-refractivity contribution in [2.45, 2.75) is 0 Å². The number of aryl methyl sites for hydroxylation is 1. The fourth-order valence-electron chi connectivity index (χ4n) is 3.17. The second-order valence-electron chi connectivity index (χ2n) is 6.72. The molecule has 0 radical (unpaired) electrons. The predicted molar refractivity (Wildman–Crippen MR) is 110 cm³/mol. The molecule has 29 heavy (non-hydrogen) atoms. The molecule has 1 aromatic carbocycles. The van der Waals surface area contributed by atoms with Crippen LogP contribution in [0.2, 0.25) is 0 Å². The third-order valence-electron chi connectivity index (χ3n) is 4.77. The summed E-state index contributed by atoms with van der Waals surface area (Å²) in [5.74, 6) is 0.212. The van der Waals surface area contributed by atoms with Gasteiger partial charge in [-0.25, -0.2) is 14.6 Å². The van der Waals surface area contributed by atoms with Gasteiger partial charge in [0.1, 0.15) is 5.69 Å². The number of rotatable bonds is 4. The maximum Gasteiger partial charge on any atom is 0.276 e. The summed E-state index contributed by atoms with van der Waals surface area (Å²) in [5, 5.41) is 6.63. The number of piperazine rings is 1. The number of carbonyl (C=O) groups excluding carboxylic acids is 1. The van der Waals surface area contributed by atoms with Gasteiger partial charge in [0.15, 0.2) is 0 Å². The Morgan fingerprint density at radius 2 is 1.59 bits per heavy atom. The van der Waals surface area contributed by atoms with E-state index in [0.717, 1.165) is 30.9 Å². The van der Waals surface area contributed by atoms with Gasteiger partial charge in [0.2, 0.25) is 5.95 Å². The highest BCUT2D eigenvalue weighted by atomic mass is 16.2. The Kier molecular flexibility index (Phi) is 5.19. The lowest BCUT2D eigenvalue weighted by Crippen LogP contribution is -2.47. The first kappa shape index (κ1) is 18.6. The van der Waals surface area contributed by atoms with Gasteiger partial charge in [0, 0.05) is 45.0 Å². The van der Waals surface area contributed by atoms with Crippen molar-refractivity contribution < 1.29 is 4.79 Å². The third-order valence-corrected chi connectivity index (χ3v) is 4.77. The zero-order chi connectivity index (χ0) is 20.2. The number of amides is 1. The summed E-state index contributed by atoms with van der Waals surface area (Å²) >= 11 is 0. The number of nitrogens with zero attached hydrogens (tertiary/aromatic N) is 6. The van der Waals surface area contributed by atoms with Crippen LogP contribution in [0, 0.1) is 0 Å². The maximum absolute atomic E-state index is 12.3. The summed E-state index contributed by atoms with van der Waals surface area (Å²) in [4.78, 5) is 36.9. The van der Waals surface area contributed by atoms with Crippen molar-refractivity contribution >= 4 is 23.2 Å². The van der Waals surface area contributed by atoms with Crippen molar-refractivity contribution in [1.29, 1.82) is 0 Å². The first-order chi connectivity index (χ1) is 14.1. The van der Waals surface area contributed by atoms with Gasteiger partial charge in [-0.05, 0) is 18.2 Å². The lowest BCUT2D eigenvalue weighted by atomic mass is 10.2. The summed E-state index contributed by atoms with van der Waals surface area (Å²) in [6, 6.07) is 13.0. The number of hydrogen-bond acceptors (Lipinski definition) is 7. The second kappa shape index (κ2) is 8.09. The van der Waals surface area contributed by atoms with Gasteiger partial charge in [0.25, 0.3) is 11.5 Å². The van der Waals surface area contributed by atoms with E-state index >= 15 is 0 Å². The SMILES string of the molecule is Cn1nc(C(=O)Nc2cnc(N3CCN(c4ccccc4)CC3)nc2)ccc1=O. The molecule has 3 heterocycles. The highest BCUT2D eigenvalue weighted by Crippen LogP contribution is 2.18. The van der Waals surface area contributed by atoms with Crippen molar-refractivity contribution in [3.63, 3.8) is 0 Å². The van der Waals surface area contributed by atoms with E-state index in [1.807, 2.05) is 18.2 Å². The summed E-state index contributed by atoms with van der Waals surface area (Å²) in [6.07, 6.45) is 3.15. The Morgan fingerprint density at radius 1 is 0.931 bits per heavy atom. The minimum Gasteiger partial charge on any atom is -0.368 e. The van der Waals surface area contributed by atoms with E-state index in [1.165, 1.54) is 24.9 Å². The molecule has 0 saturated carbocycles. The molecule has 3 aromatic rings. The zero-order valence-corrected chi connectivity index (χ0v) is 16.0. The molecule has 4 rings (SSSR count). The van der Waals surface area contributed by atoms with E-state index in [9.17, 15) is 9.59 Å². The average Bonchev–Trinajstić information content (AvgIpc) is 2.77. The summed E-state index contributed by atoms with van der Waals surface area (Å²) < 4.78 is 1.11. The van der Waals surface area contributed by atoms with Crippen molar-refractivity contribution in [2.75, 3.05) is 41.3 Å². The second-order valence-corrected chi connectivity index (χ2v) is 6.72. The molecular formula is C20H21N7O2. The Labute approximate surface area is 167 Å². The number of carbonyl (C=O) groups is 1. The maximum atomic E-state index is 12.3. The van der Waals surface area contributed by atoms with Crippen LogP contribution < -0.4 is 20.7 Å². The van der Waals surface area contributed by atoms with Gasteiger partial charge in [0.05, 0.1) is 18.1 Å². The van der Waals surface area contributed by atoms with Gasteiger partial charge >= 0.3 is 0 Å². The van der Waals surface area contributed by atoms with Crippen LogP contribution in [0.25, 0.3) is 0 Å². The van der Waals surface area contributed by atoms with Crippen LogP contribution in [0.1, 0.15) is 10.5 Å². The van der Waals surface area contributed by atoms with Crippen molar-refractivity contribution in [3.8, 4) is 0 Å². The topological polar surface area (TPSA) is 96.2 Å². The van der Waals surface area contributed by atoms with Gasteiger partial charge in [-0.15, -0.1) is 0 Å². The number of benzene rings is 1. The lowest BCUT2D eigenvalue weighted by molar-refractivity contribution is 0.102. The summed E-state index contributed by atoms with van der Waals surface area (Å²) in [5.41, 5.74) is 1.56. The Bertz CT molecular complexity index is 1040. The molecule has 1 saturated heterocycles. The van der Waals surface area contributed by atoms with Gasteiger partial charge < -0.3 is 15.1 Å². The van der Waals surface area contributed by atoms with Crippen molar-refractivity contribution in [2.24, 2.45) is 7.05 Å². The average molecular weight is 391 g/mol. The van der Waals surface area contributed by atoms with Gasteiger partial charge in [-0.1, -0.05) is 18.2 Å².